The predicted molar refractivity (Wildman–Crippen MR) is 93.9 cm³/mol. The first-order chi connectivity index (χ1) is 11.4. The van der Waals surface area contributed by atoms with Gasteiger partial charge in [0.25, 0.3) is 0 Å². The van der Waals surface area contributed by atoms with Gasteiger partial charge in [-0.15, -0.1) is 0 Å². The minimum absolute atomic E-state index is 0.0574. The average Bonchev–Trinajstić information content (AvgIpc) is 2.56. The van der Waals surface area contributed by atoms with Gasteiger partial charge in [0.15, 0.2) is 5.75 Å². The van der Waals surface area contributed by atoms with E-state index >= 15 is 0 Å². The molecule has 5 nitrogen and oxygen atoms in total. The van der Waals surface area contributed by atoms with Crippen LogP contribution < -0.4 is 15.5 Å². The SMILES string of the molecule is Cc1cc(=O)c(OCc2ccccc2)c(CNC(=O)C(C)C)n1C. The smallest absolute Gasteiger partial charge is 0.224 e. The van der Waals surface area contributed by atoms with Gasteiger partial charge in [0.05, 0.1) is 12.2 Å². The molecule has 0 fully saturated rings. The lowest BCUT2D eigenvalue weighted by atomic mass is 10.2. The van der Waals surface area contributed by atoms with E-state index in [1.807, 2.05) is 62.7 Å². The van der Waals surface area contributed by atoms with Gasteiger partial charge in [-0.1, -0.05) is 44.2 Å². The number of pyridine rings is 1. The minimum Gasteiger partial charge on any atom is -0.483 e. The van der Waals surface area contributed by atoms with Crippen molar-refractivity contribution >= 4 is 5.91 Å². The Morgan fingerprint density at radius 2 is 1.92 bits per heavy atom. The molecule has 1 N–H and O–H groups in total. The molecule has 0 radical (unpaired) electrons. The molecule has 0 saturated heterocycles. The molecule has 0 spiro atoms. The quantitative estimate of drug-likeness (QED) is 0.886. The molecular formula is C19H24N2O3. The van der Waals surface area contributed by atoms with Gasteiger partial charge in [-0.05, 0) is 12.5 Å². The summed E-state index contributed by atoms with van der Waals surface area (Å²) in [5.74, 6) is 0.120. The van der Waals surface area contributed by atoms with Crippen molar-refractivity contribution in [3.8, 4) is 5.75 Å². The first kappa shape index (κ1) is 17.8. The van der Waals surface area contributed by atoms with E-state index in [1.54, 1.807) is 6.07 Å². The van der Waals surface area contributed by atoms with Crippen molar-refractivity contribution in [2.45, 2.75) is 33.9 Å². The number of nitrogens with one attached hydrogen (secondary N) is 1. The summed E-state index contributed by atoms with van der Waals surface area (Å²) in [5, 5.41) is 2.85. The number of carbonyl (C=O) groups is 1. The molecule has 1 amide bonds. The summed E-state index contributed by atoms with van der Waals surface area (Å²) < 4.78 is 7.68. The number of rotatable bonds is 6. The number of carbonyl (C=O) groups excluding carboxylic acids is 1. The van der Waals surface area contributed by atoms with Crippen LogP contribution in [-0.4, -0.2) is 10.5 Å². The Balaban J connectivity index is 2.26. The van der Waals surface area contributed by atoms with E-state index in [0.29, 0.717) is 12.3 Å². The summed E-state index contributed by atoms with van der Waals surface area (Å²) in [5.41, 5.74) is 2.30. The first-order valence-corrected chi connectivity index (χ1v) is 8.04. The van der Waals surface area contributed by atoms with Crippen LogP contribution in [0, 0.1) is 12.8 Å². The molecular weight excluding hydrogens is 304 g/mol. The lowest BCUT2D eigenvalue weighted by Crippen LogP contribution is -2.30. The van der Waals surface area contributed by atoms with Crippen molar-refractivity contribution in [3.63, 3.8) is 0 Å². The van der Waals surface area contributed by atoms with Gasteiger partial charge >= 0.3 is 0 Å². The van der Waals surface area contributed by atoms with E-state index in [9.17, 15) is 9.59 Å². The Labute approximate surface area is 142 Å². The molecule has 0 aliphatic carbocycles. The van der Waals surface area contributed by atoms with Gasteiger partial charge in [0.2, 0.25) is 11.3 Å². The summed E-state index contributed by atoms with van der Waals surface area (Å²) in [7, 11) is 1.86. The minimum atomic E-state index is -0.171. The lowest BCUT2D eigenvalue weighted by molar-refractivity contribution is -0.124. The van der Waals surface area contributed by atoms with Crippen molar-refractivity contribution in [2.24, 2.45) is 13.0 Å². The highest BCUT2D eigenvalue weighted by Crippen LogP contribution is 2.16. The van der Waals surface area contributed by atoms with Gasteiger partial charge in [-0.3, -0.25) is 9.59 Å². The zero-order chi connectivity index (χ0) is 17.7. The molecule has 0 unspecified atom stereocenters. The molecule has 0 aliphatic heterocycles. The Kier molecular flexibility index (Phi) is 5.79. The number of aromatic nitrogens is 1. The molecule has 24 heavy (non-hydrogen) atoms. The maximum absolute atomic E-state index is 12.4. The molecule has 2 rings (SSSR count). The van der Waals surface area contributed by atoms with E-state index in [-0.39, 0.29) is 29.5 Å². The second-order valence-corrected chi connectivity index (χ2v) is 6.13. The molecule has 128 valence electrons. The molecule has 0 bridgehead atoms. The van der Waals surface area contributed by atoms with Crippen LogP contribution in [0.4, 0.5) is 0 Å². The van der Waals surface area contributed by atoms with Crippen molar-refractivity contribution < 1.29 is 9.53 Å². The Morgan fingerprint density at radius 3 is 2.54 bits per heavy atom. The van der Waals surface area contributed by atoms with Crippen LogP contribution in [-0.2, 0) is 25.0 Å². The standard InChI is InChI=1S/C19H24N2O3/c1-13(2)19(23)20-11-16-18(17(22)10-14(3)21(16)4)24-12-15-8-6-5-7-9-15/h5-10,13H,11-12H2,1-4H3,(H,20,23). The van der Waals surface area contributed by atoms with E-state index in [2.05, 4.69) is 5.32 Å². The number of benzene rings is 1. The van der Waals surface area contributed by atoms with E-state index in [1.165, 1.54) is 0 Å². The molecule has 5 heteroatoms. The summed E-state index contributed by atoms with van der Waals surface area (Å²) in [4.78, 5) is 24.2. The number of aryl methyl sites for hydroxylation is 1. The van der Waals surface area contributed by atoms with Gasteiger partial charge in [-0.25, -0.2) is 0 Å². The van der Waals surface area contributed by atoms with Crippen LogP contribution >= 0.6 is 0 Å². The fraction of sp³-hybridized carbons (Fsp3) is 0.368. The highest BCUT2D eigenvalue weighted by Gasteiger charge is 2.15. The number of ether oxygens (including phenoxy) is 1. The summed E-state index contributed by atoms with van der Waals surface area (Å²) >= 11 is 0. The third-order valence-electron chi connectivity index (χ3n) is 3.94. The predicted octanol–water partition coefficient (Wildman–Crippen LogP) is 2.54. The van der Waals surface area contributed by atoms with Crippen LogP contribution in [0.5, 0.6) is 5.75 Å². The van der Waals surface area contributed by atoms with Crippen molar-refractivity contribution in [1.29, 1.82) is 0 Å². The topological polar surface area (TPSA) is 60.3 Å². The Hall–Kier alpha value is -2.56. The maximum Gasteiger partial charge on any atom is 0.224 e. The third kappa shape index (κ3) is 4.25. The monoisotopic (exact) mass is 328 g/mol. The molecule has 1 aromatic heterocycles. The molecule has 1 aromatic carbocycles. The zero-order valence-electron chi connectivity index (χ0n) is 14.6. The fourth-order valence-electron chi connectivity index (χ4n) is 2.32. The van der Waals surface area contributed by atoms with E-state index in [0.717, 1.165) is 11.3 Å². The summed E-state index contributed by atoms with van der Waals surface area (Å²) in [6.45, 7) is 6.09. The van der Waals surface area contributed by atoms with Crippen LogP contribution in [0.1, 0.15) is 30.8 Å². The zero-order valence-corrected chi connectivity index (χ0v) is 14.6. The number of hydrogen-bond donors (Lipinski definition) is 1. The number of amides is 1. The number of hydrogen-bond acceptors (Lipinski definition) is 3. The van der Waals surface area contributed by atoms with E-state index < -0.39 is 0 Å². The normalized spacial score (nSPS) is 10.7. The largest absolute Gasteiger partial charge is 0.483 e. The maximum atomic E-state index is 12.4. The lowest BCUT2D eigenvalue weighted by Gasteiger charge is -2.18. The van der Waals surface area contributed by atoms with Crippen LogP contribution in [0.25, 0.3) is 0 Å². The molecule has 1 heterocycles. The third-order valence-corrected chi connectivity index (χ3v) is 3.94. The summed E-state index contributed by atoms with van der Waals surface area (Å²) in [6, 6.07) is 11.2. The van der Waals surface area contributed by atoms with Crippen molar-refractivity contribution in [1.82, 2.24) is 9.88 Å². The Bertz CT molecular complexity index is 764. The van der Waals surface area contributed by atoms with Gasteiger partial charge in [-0.2, -0.15) is 0 Å². The molecule has 0 atom stereocenters. The van der Waals surface area contributed by atoms with Crippen molar-refractivity contribution in [3.05, 3.63) is 63.6 Å². The van der Waals surface area contributed by atoms with E-state index in [4.69, 9.17) is 4.74 Å². The molecule has 0 aliphatic rings. The first-order valence-electron chi connectivity index (χ1n) is 8.04. The molecule has 2 aromatic rings. The number of nitrogens with zero attached hydrogens (tertiary/aromatic N) is 1. The Morgan fingerprint density at radius 1 is 1.25 bits per heavy atom. The average molecular weight is 328 g/mol. The van der Waals surface area contributed by atoms with Gasteiger partial charge < -0.3 is 14.6 Å². The van der Waals surface area contributed by atoms with Crippen LogP contribution in [0.15, 0.2) is 41.2 Å². The molecule has 0 saturated carbocycles. The van der Waals surface area contributed by atoms with Gasteiger partial charge in [0.1, 0.15) is 6.61 Å². The fourth-order valence-corrected chi connectivity index (χ4v) is 2.32. The van der Waals surface area contributed by atoms with Crippen LogP contribution in [0.2, 0.25) is 0 Å². The second-order valence-electron chi connectivity index (χ2n) is 6.13. The summed E-state index contributed by atoms with van der Waals surface area (Å²) in [6.07, 6.45) is 0. The van der Waals surface area contributed by atoms with Crippen LogP contribution in [0.3, 0.4) is 0 Å². The second kappa shape index (κ2) is 7.81. The van der Waals surface area contributed by atoms with Crippen molar-refractivity contribution in [2.75, 3.05) is 0 Å². The van der Waals surface area contributed by atoms with Gasteiger partial charge in [0, 0.05) is 24.7 Å². The highest BCUT2D eigenvalue weighted by molar-refractivity contribution is 5.77. The highest BCUT2D eigenvalue weighted by atomic mass is 16.5.